The molecule has 0 spiro atoms. The number of hydrogen-bond acceptors (Lipinski definition) is 4. The SMILES string of the molecule is COc1ccc2c(c1)OC[C@@H](C(=O)N1CCC[C@H](n3ccnc3)C1)C2. The largest absolute Gasteiger partial charge is 0.497 e. The van der Waals surface area contributed by atoms with E-state index >= 15 is 0 Å². The molecule has 1 aromatic carbocycles. The maximum absolute atomic E-state index is 13.0. The number of piperidine rings is 1. The fraction of sp³-hybridized carbons (Fsp3) is 0.474. The number of carbonyl (C=O) groups is 1. The van der Waals surface area contributed by atoms with Crippen molar-refractivity contribution in [2.45, 2.75) is 25.3 Å². The third kappa shape index (κ3) is 3.21. The van der Waals surface area contributed by atoms with E-state index in [2.05, 4.69) is 9.55 Å². The summed E-state index contributed by atoms with van der Waals surface area (Å²) in [7, 11) is 1.64. The monoisotopic (exact) mass is 341 g/mol. The van der Waals surface area contributed by atoms with Crippen LogP contribution in [-0.4, -0.2) is 47.2 Å². The zero-order valence-corrected chi connectivity index (χ0v) is 14.4. The number of amides is 1. The number of imidazole rings is 1. The number of likely N-dealkylation sites (tertiary alicyclic amines) is 1. The Balaban J connectivity index is 1.44. The minimum absolute atomic E-state index is 0.109. The summed E-state index contributed by atoms with van der Waals surface area (Å²) in [6, 6.07) is 6.14. The van der Waals surface area contributed by atoms with Gasteiger partial charge in [-0.2, -0.15) is 0 Å². The lowest BCUT2D eigenvalue weighted by atomic mass is 9.94. The van der Waals surface area contributed by atoms with Crippen LogP contribution in [0.5, 0.6) is 11.5 Å². The minimum atomic E-state index is -0.109. The molecule has 0 unspecified atom stereocenters. The Kier molecular flexibility index (Phi) is 4.34. The summed E-state index contributed by atoms with van der Waals surface area (Å²) in [4.78, 5) is 19.1. The summed E-state index contributed by atoms with van der Waals surface area (Å²) < 4.78 is 13.2. The molecule has 0 saturated carbocycles. The van der Waals surface area contributed by atoms with Crippen molar-refractivity contribution in [2.75, 3.05) is 26.8 Å². The van der Waals surface area contributed by atoms with Gasteiger partial charge in [-0.3, -0.25) is 4.79 Å². The molecular formula is C19H23N3O3. The second kappa shape index (κ2) is 6.78. The molecule has 1 fully saturated rings. The van der Waals surface area contributed by atoms with Crippen LogP contribution in [0.2, 0.25) is 0 Å². The second-order valence-corrected chi connectivity index (χ2v) is 6.78. The normalized spacial score (nSPS) is 22.8. The molecule has 1 aromatic heterocycles. The molecular weight excluding hydrogens is 318 g/mol. The highest BCUT2D eigenvalue weighted by Gasteiger charge is 2.32. The number of hydrogen-bond donors (Lipinski definition) is 0. The summed E-state index contributed by atoms with van der Waals surface area (Å²) in [5, 5.41) is 0. The summed E-state index contributed by atoms with van der Waals surface area (Å²) in [5.74, 6) is 1.70. The summed E-state index contributed by atoms with van der Waals surface area (Å²) in [6.07, 6.45) is 8.45. The van der Waals surface area contributed by atoms with Crippen molar-refractivity contribution in [3.8, 4) is 11.5 Å². The number of rotatable bonds is 3. The number of carbonyl (C=O) groups excluding carboxylic acids is 1. The Morgan fingerprint density at radius 3 is 3.12 bits per heavy atom. The molecule has 0 N–H and O–H groups in total. The smallest absolute Gasteiger partial charge is 0.229 e. The van der Waals surface area contributed by atoms with Crippen molar-refractivity contribution in [1.29, 1.82) is 0 Å². The minimum Gasteiger partial charge on any atom is -0.497 e. The zero-order valence-electron chi connectivity index (χ0n) is 14.4. The third-order valence-electron chi connectivity index (χ3n) is 5.18. The fourth-order valence-electron chi connectivity index (χ4n) is 3.78. The lowest BCUT2D eigenvalue weighted by Gasteiger charge is -2.36. The van der Waals surface area contributed by atoms with Gasteiger partial charge in [-0.25, -0.2) is 4.98 Å². The van der Waals surface area contributed by atoms with Gasteiger partial charge in [0.2, 0.25) is 5.91 Å². The number of methoxy groups -OCH3 is 1. The van der Waals surface area contributed by atoms with Gasteiger partial charge in [0.25, 0.3) is 0 Å². The van der Waals surface area contributed by atoms with Gasteiger partial charge in [0.1, 0.15) is 18.1 Å². The van der Waals surface area contributed by atoms with Gasteiger partial charge in [-0.15, -0.1) is 0 Å². The molecule has 0 aliphatic carbocycles. The molecule has 0 radical (unpaired) electrons. The lowest BCUT2D eigenvalue weighted by molar-refractivity contribution is -0.138. The van der Waals surface area contributed by atoms with Crippen LogP contribution < -0.4 is 9.47 Å². The van der Waals surface area contributed by atoms with Crippen molar-refractivity contribution < 1.29 is 14.3 Å². The average Bonchev–Trinajstić information content (AvgIpc) is 3.21. The van der Waals surface area contributed by atoms with Crippen LogP contribution in [0.1, 0.15) is 24.4 Å². The van der Waals surface area contributed by atoms with E-state index in [-0.39, 0.29) is 11.8 Å². The van der Waals surface area contributed by atoms with Gasteiger partial charge >= 0.3 is 0 Å². The fourth-order valence-corrected chi connectivity index (χ4v) is 3.78. The molecule has 6 nitrogen and oxygen atoms in total. The molecule has 4 rings (SSSR count). The van der Waals surface area contributed by atoms with Crippen molar-refractivity contribution in [3.05, 3.63) is 42.5 Å². The maximum Gasteiger partial charge on any atom is 0.229 e. The average molecular weight is 341 g/mol. The molecule has 2 atom stereocenters. The van der Waals surface area contributed by atoms with Gasteiger partial charge in [-0.05, 0) is 30.9 Å². The number of fused-ring (bicyclic) bond motifs is 1. The van der Waals surface area contributed by atoms with Crippen LogP contribution in [0.25, 0.3) is 0 Å². The van der Waals surface area contributed by atoms with E-state index in [1.165, 1.54) is 0 Å². The predicted molar refractivity (Wildman–Crippen MR) is 92.8 cm³/mol. The highest BCUT2D eigenvalue weighted by molar-refractivity contribution is 5.80. The molecule has 1 saturated heterocycles. The van der Waals surface area contributed by atoms with E-state index < -0.39 is 0 Å². The van der Waals surface area contributed by atoms with E-state index in [4.69, 9.17) is 9.47 Å². The molecule has 2 aliphatic rings. The highest BCUT2D eigenvalue weighted by atomic mass is 16.5. The second-order valence-electron chi connectivity index (χ2n) is 6.78. The van der Waals surface area contributed by atoms with Crippen molar-refractivity contribution >= 4 is 5.91 Å². The van der Waals surface area contributed by atoms with Crippen LogP contribution in [0.4, 0.5) is 0 Å². The molecule has 25 heavy (non-hydrogen) atoms. The van der Waals surface area contributed by atoms with Crippen molar-refractivity contribution in [3.63, 3.8) is 0 Å². The molecule has 0 bridgehead atoms. The van der Waals surface area contributed by atoms with Gasteiger partial charge in [0.15, 0.2) is 0 Å². The molecule has 132 valence electrons. The first-order valence-electron chi connectivity index (χ1n) is 8.80. The Bertz CT molecular complexity index is 744. The first-order valence-corrected chi connectivity index (χ1v) is 8.80. The van der Waals surface area contributed by atoms with Crippen LogP contribution in [0.15, 0.2) is 36.9 Å². The summed E-state index contributed by atoms with van der Waals surface area (Å²) in [6.45, 7) is 2.02. The Labute approximate surface area is 147 Å². The van der Waals surface area contributed by atoms with Crippen LogP contribution in [-0.2, 0) is 11.2 Å². The maximum atomic E-state index is 13.0. The van der Waals surface area contributed by atoms with E-state index in [0.717, 1.165) is 49.4 Å². The van der Waals surface area contributed by atoms with Crippen molar-refractivity contribution in [2.24, 2.45) is 5.92 Å². The molecule has 1 amide bonds. The van der Waals surface area contributed by atoms with Gasteiger partial charge in [0, 0.05) is 31.5 Å². The zero-order chi connectivity index (χ0) is 17.2. The first-order chi connectivity index (χ1) is 12.2. The van der Waals surface area contributed by atoms with E-state index in [0.29, 0.717) is 12.6 Å². The van der Waals surface area contributed by atoms with Crippen LogP contribution in [0, 0.1) is 5.92 Å². The number of ether oxygens (including phenoxy) is 2. The third-order valence-corrected chi connectivity index (χ3v) is 5.18. The molecule has 6 heteroatoms. The quantitative estimate of drug-likeness (QED) is 0.860. The van der Waals surface area contributed by atoms with Crippen LogP contribution >= 0.6 is 0 Å². The van der Waals surface area contributed by atoms with Gasteiger partial charge in [0.05, 0.1) is 25.4 Å². The topological polar surface area (TPSA) is 56.6 Å². The van der Waals surface area contributed by atoms with Gasteiger partial charge in [-0.1, -0.05) is 6.07 Å². The van der Waals surface area contributed by atoms with E-state index in [9.17, 15) is 4.79 Å². The number of nitrogens with zero attached hydrogens (tertiary/aromatic N) is 3. The lowest BCUT2D eigenvalue weighted by Crippen LogP contribution is -2.46. The Morgan fingerprint density at radius 1 is 1.40 bits per heavy atom. The molecule has 2 aromatic rings. The highest BCUT2D eigenvalue weighted by Crippen LogP contribution is 2.32. The number of aromatic nitrogens is 2. The summed E-state index contributed by atoms with van der Waals surface area (Å²) >= 11 is 0. The van der Waals surface area contributed by atoms with Crippen molar-refractivity contribution in [1.82, 2.24) is 14.5 Å². The number of benzene rings is 1. The van der Waals surface area contributed by atoms with Crippen LogP contribution in [0.3, 0.4) is 0 Å². The molecule has 3 heterocycles. The summed E-state index contributed by atoms with van der Waals surface area (Å²) in [5.41, 5.74) is 1.08. The predicted octanol–water partition coefficient (Wildman–Crippen LogP) is 2.31. The Hall–Kier alpha value is -2.50. The first kappa shape index (κ1) is 16.0. The van der Waals surface area contributed by atoms with E-state index in [1.807, 2.05) is 35.6 Å². The molecule has 2 aliphatic heterocycles. The standard InChI is InChI=1S/C19H23N3O3/c1-24-17-5-4-14-9-15(12-25-18(14)10-17)19(23)21-7-2-3-16(11-21)22-8-6-20-13-22/h4-6,8,10,13,15-16H,2-3,7,9,11-12H2,1H3/t15-,16-/m0/s1. The van der Waals surface area contributed by atoms with E-state index in [1.54, 1.807) is 13.3 Å². The van der Waals surface area contributed by atoms with Gasteiger partial charge < -0.3 is 18.9 Å². The Morgan fingerprint density at radius 2 is 2.32 bits per heavy atom.